The van der Waals surface area contributed by atoms with Crippen LogP contribution in [-0.4, -0.2) is 24.1 Å². The Hall–Kier alpha value is -3.04. The SMILES string of the molecule is CNC(=O)/C(C#N)=C1/S[C@H](Cc2ccc(C)cc2)C(=O)N1c1ccc(C)cc1. The van der Waals surface area contributed by atoms with Gasteiger partial charge in [-0.1, -0.05) is 59.3 Å². The maximum absolute atomic E-state index is 13.2. The minimum absolute atomic E-state index is 0.0483. The standard InChI is InChI=1S/C22H21N3O2S/c1-14-4-8-16(9-5-14)12-19-21(27)25(17-10-6-15(2)7-11-17)22(28-19)18(13-23)20(26)24-3/h4-11,19H,12H2,1-3H3,(H,24,26)/b22-18+/t19-/m1/s1. The van der Waals surface area contributed by atoms with Gasteiger partial charge in [0.25, 0.3) is 5.91 Å². The molecule has 0 aliphatic carbocycles. The van der Waals surface area contributed by atoms with Crippen LogP contribution in [0, 0.1) is 25.2 Å². The van der Waals surface area contributed by atoms with Crippen molar-refractivity contribution >= 4 is 29.3 Å². The van der Waals surface area contributed by atoms with Gasteiger partial charge in [-0.25, -0.2) is 0 Å². The third kappa shape index (κ3) is 3.95. The second-order valence-electron chi connectivity index (χ2n) is 6.68. The van der Waals surface area contributed by atoms with Crippen LogP contribution in [0.5, 0.6) is 0 Å². The maximum Gasteiger partial charge on any atom is 0.264 e. The number of rotatable bonds is 4. The zero-order chi connectivity index (χ0) is 20.3. The van der Waals surface area contributed by atoms with Gasteiger partial charge < -0.3 is 5.32 Å². The van der Waals surface area contributed by atoms with Crippen LogP contribution in [-0.2, 0) is 16.0 Å². The van der Waals surface area contributed by atoms with Gasteiger partial charge in [-0.15, -0.1) is 0 Å². The number of amides is 2. The van der Waals surface area contributed by atoms with E-state index in [-0.39, 0.29) is 11.5 Å². The minimum atomic E-state index is -0.495. The van der Waals surface area contributed by atoms with Crippen LogP contribution in [0.15, 0.2) is 59.1 Å². The van der Waals surface area contributed by atoms with E-state index < -0.39 is 11.2 Å². The Balaban J connectivity index is 2.03. The highest BCUT2D eigenvalue weighted by Gasteiger charge is 2.40. The fourth-order valence-corrected chi connectivity index (χ4v) is 4.29. The third-order valence-electron chi connectivity index (χ3n) is 4.57. The quantitative estimate of drug-likeness (QED) is 0.640. The molecule has 0 spiro atoms. The summed E-state index contributed by atoms with van der Waals surface area (Å²) in [5, 5.41) is 12.0. The lowest BCUT2D eigenvalue weighted by Gasteiger charge is -2.18. The number of nitriles is 1. The first-order chi connectivity index (χ1) is 13.4. The fraction of sp³-hybridized carbons (Fsp3) is 0.227. The topological polar surface area (TPSA) is 73.2 Å². The molecule has 1 heterocycles. The highest BCUT2D eigenvalue weighted by Crippen LogP contribution is 2.41. The van der Waals surface area contributed by atoms with Crippen molar-refractivity contribution in [2.24, 2.45) is 0 Å². The van der Waals surface area contributed by atoms with E-state index in [1.54, 1.807) is 0 Å². The number of aryl methyl sites for hydroxylation is 2. The van der Waals surface area contributed by atoms with Crippen molar-refractivity contribution in [2.75, 3.05) is 11.9 Å². The number of thioether (sulfide) groups is 1. The number of hydrogen-bond acceptors (Lipinski definition) is 4. The summed E-state index contributed by atoms with van der Waals surface area (Å²) in [5.41, 5.74) is 3.87. The molecule has 2 aromatic rings. The van der Waals surface area contributed by atoms with Crippen LogP contribution in [0.4, 0.5) is 5.69 Å². The highest BCUT2D eigenvalue weighted by atomic mass is 32.2. The monoisotopic (exact) mass is 391 g/mol. The largest absolute Gasteiger partial charge is 0.354 e. The molecule has 2 aromatic carbocycles. The highest BCUT2D eigenvalue weighted by molar-refractivity contribution is 8.05. The first kappa shape index (κ1) is 19.7. The molecule has 1 aliphatic rings. The van der Waals surface area contributed by atoms with Crippen molar-refractivity contribution in [3.05, 3.63) is 75.8 Å². The number of nitrogens with zero attached hydrogens (tertiary/aromatic N) is 2. The minimum Gasteiger partial charge on any atom is -0.354 e. The average Bonchev–Trinajstić information content (AvgIpc) is 3.00. The van der Waals surface area contributed by atoms with E-state index in [1.807, 2.05) is 68.4 Å². The summed E-state index contributed by atoms with van der Waals surface area (Å²) in [5.74, 6) is -0.619. The van der Waals surface area contributed by atoms with Gasteiger partial charge in [0.05, 0.1) is 5.25 Å². The number of hydrogen-bond donors (Lipinski definition) is 1. The summed E-state index contributed by atoms with van der Waals surface area (Å²) in [6.07, 6.45) is 0.530. The van der Waals surface area contributed by atoms with Gasteiger partial charge in [0, 0.05) is 12.7 Å². The van der Waals surface area contributed by atoms with E-state index in [1.165, 1.54) is 23.7 Å². The normalized spacial score (nSPS) is 18.0. The summed E-state index contributed by atoms with van der Waals surface area (Å²) in [6.45, 7) is 3.98. The van der Waals surface area contributed by atoms with Gasteiger partial charge in [0.15, 0.2) is 0 Å². The van der Waals surface area contributed by atoms with E-state index >= 15 is 0 Å². The Morgan fingerprint density at radius 3 is 2.21 bits per heavy atom. The summed E-state index contributed by atoms with van der Waals surface area (Å²) in [6, 6.07) is 17.5. The van der Waals surface area contributed by atoms with Crippen molar-refractivity contribution in [3.63, 3.8) is 0 Å². The molecule has 1 aliphatic heterocycles. The number of likely N-dealkylation sites (N-methyl/N-ethyl adjacent to an activating group) is 1. The van der Waals surface area contributed by atoms with Crippen LogP contribution in [0.25, 0.3) is 0 Å². The summed E-state index contributed by atoms with van der Waals surface area (Å²) >= 11 is 1.27. The predicted molar refractivity (Wildman–Crippen MR) is 112 cm³/mol. The van der Waals surface area contributed by atoms with Crippen molar-refractivity contribution in [1.82, 2.24) is 5.32 Å². The zero-order valence-electron chi connectivity index (χ0n) is 16.0. The fourth-order valence-electron chi connectivity index (χ4n) is 2.98. The lowest BCUT2D eigenvalue weighted by molar-refractivity contribution is -0.117. The molecule has 0 saturated carbocycles. The number of benzene rings is 2. The van der Waals surface area contributed by atoms with Gasteiger partial charge in [0.1, 0.15) is 16.7 Å². The molecule has 1 saturated heterocycles. The van der Waals surface area contributed by atoms with Gasteiger partial charge in [-0.2, -0.15) is 5.26 Å². The molecule has 0 unspecified atom stereocenters. The molecule has 0 bridgehead atoms. The van der Waals surface area contributed by atoms with Gasteiger partial charge in [-0.05, 0) is 38.0 Å². The van der Waals surface area contributed by atoms with Crippen molar-refractivity contribution < 1.29 is 9.59 Å². The molecular formula is C22H21N3O2S. The smallest absolute Gasteiger partial charge is 0.264 e. The lowest BCUT2D eigenvalue weighted by atomic mass is 10.1. The van der Waals surface area contributed by atoms with Crippen LogP contribution >= 0.6 is 11.8 Å². The Bertz CT molecular complexity index is 972. The molecule has 5 nitrogen and oxygen atoms in total. The molecule has 28 heavy (non-hydrogen) atoms. The summed E-state index contributed by atoms with van der Waals surface area (Å²) in [7, 11) is 1.47. The average molecular weight is 391 g/mol. The predicted octanol–water partition coefficient (Wildman–Crippen LogP) is 3.48. The van der Waals surface area contributed by atoms with Crippen LogP contribution in [0.3, 0.4) is 0 Å². The molecule has 1 fully saturated rings. The number of carbonyl (C=O) groups excluding carboxylic acids is 2. The first-order valence-electron chi connectivity index (χ1n) is 8.94. The van der Waals surface area contributed by atoms with Crippen LogP contribution in [0.2, 0.25) is 0 Å². The van der Waals surface area contributed by atoms with Crippen LogP contribution < -0.4 is 10.2 Å². The molecule has 6 heteroatoms. The number of carbonyl (C=O) groups is 2. The van der Waals surface area contributed by atoms with E-state index in [0.717, 1.165) is 16.7 Å². The lowest BCUT2D eigenvalue weighted by Crippen LogP contribution is -2.31. The van der Waals surface area contributed by atoms with Gasteiger partial charge >= 0.3 is 0 Å². The summed E-state index contributed by atoms with van der Waals surface area (Å²) < 4.78 is 0. The Morgan fingerprint density at radius 1 is 1.11 bits per heavy atom. The third-order valence-corrected chi connectivity index (χ3v) is 5.83. The number of nitrogens with one attached hydrogen (secondary N) is 1. The molecule has 0 aromatic heterocycles. The molecule has 1 N–H and O–H groups in total. The Labute approximate surface area is 169 Å². The molecule has 0 radical (unpaired) electrons. The molecule has 2 amide bonds. The molecular weight excluding hydrogens is 370 g/mol. The summed E-state index contributed by atoms with van der Waals surface area (Å²) in [4.78, 5) is 27.0. The van der Waals surface area contributed by atoms with E-state index in [9.17, 15) is 14.9 Å². The van der Waals surface area contributed by atoms with Gasteiger partial charge in [-0.3, -0.25) is 14.5 Å². The maximum atomic E-state index is 13.2. The van der Waals surface area contributed by atoms with E-state index in [2.05, 4.69) is 5.32 Å². The Kier molecular flexibility index (Phi) is 5.86. The number of anilines is 1. The van der Waals surface area contributed by atoms with E-state index in [4.69, 9.17) is 0 Å². The first-order valence-corrected chi connectivity index (χ1v) is 9.82. The van der Waals surface area contributed by atoms with Gasteiger partial charge in [0.2, 0.25) is 5.91 Å². The second kappa shape index (κ2) is 8.32. The van der Waals surface area contributed by atoms with Crippen molar-refractivity contribution in [1.29, 1.82) is 5.26 Å². The second-order valence-corrected chi connectivity index (χ2v) is 7.87. The Morgan fingerprint density at radius 2 is 1.68 bits per heavy atom. The molecule has 142 valence electrons. The van der Waals surface area contributed by atoms with Crippen molar-refractivity contribution in [2.45, 2.75) is 25.5 Å². The van der Waals surface area contributed by atoms with Crippen molar-refractivity contribution in [3.8, 4) is 6.07 Å². The zero-order valence-corrected chi connectivity index (χ0v) is 16.8. The molecule has 3 rings (SSSR count). The molecule has 1 atom stereocenters. The van der Waals surface area contributed by atoms with Crippen LogP contribution in [0.1, 0.15) is 16.7 Å². The van der Waals surface area contributed by atoms with E-state index in [0.29, 0.717) is 17.1 Å².